The van der Waals surface area contributed by atoms with Gasteiger partial charge in [0.25, 0.3) is 0 Å². The van der Waals surface area contributed by atoms with Gasteiger partial charge in [0.05, 0.1) is 0 Å². The quantitative estimate of drug-likeness (QED) is 0.560. The van der Waals surface area contributed by atoms with Crippen LogP contribution < -0.4 is 8.83 Å². The number of hydrogen-bond donors (Lipinski definition) is 1. The number of aliphatic hydroxyl groups excluding tert-OH is 1. The molecule has 0 saturated heterocycles. The SMILES string of the molecule is OCCn1ncc([AsH2])c1[AsH2]. The fraction of sp³-hybridized carbons (Fsp3) is 0.400. The van der Waals surface area contributed by atoms with Crippen molar-refractivity contribution in [2.75, 3.05) is 6.61 Å². The molecule has 5 heteroatoms. The van der Waals surface area contributed by atoms with E-state index in [9.17, 15) is 0 Å². The van der Waals surface area contributed by atoms with Gasteiger partial charge in [0, 0.05) is 0 Å². The Morgan fingerprint density at radius 3 is 2.70 bits per heavy atom. The summed E-state index contributed by atoms with van der Waals surface area (Å²) in [4.78, 5) is 0. The number of aromatic nitrogens is 2. The second kappa shape index (κ2) is 3.61. The second-order valence-corrected chi connectivity index (χ2v) is 4.38. The fourth-order valence-electron chi connectivity index (χ4n) is 0.682. The molecule has 0 aliphatic carbocycles. The van der Waals surface area contributed by atoms with Crippen LogP contribution in [0.4, 0.5) is 0 Å². The van der Waals surface area contributed by atoms with Crippen molar-refractivity contribution in [3.05, 3.63) is 6.20 Å². The molecule has 1 rings (SSSR count). The normalized spacial score (nSPS) is 10.3. The van der Waals surface area contributed by atoms with E-state index in [2.05, 4.69) is 5.10 Å². The van der Waals surface area contributed by atoms with Crippen LogP contribution in [0.5, 0.6) is 0 Å². The first-order valence-corrected chi connectivity index (χ1v) is 5.35. The van der Waals surface area contributed by atoms with Crippen molar-refractivity contribution in [1.29, 1.82) is 0 Å². The Kier molecular flexibility index (Phi) is 3.03. The summed E-state index contributed by atoms with van der Waals surface area (Å²) in [7, 11) is 0. The van der Waals surface area contributed by atoms with Crippen molar-refractivity contribution < 1.29 is 5.11 Å². The fourth-order valence-corrected chi connectivity index (χ4v) is 1.70. The van der Waals surface area contributed by atoms with Gasteiger partial charge in [-0.05, 0) is 0 Å². The molecule has 0 radical (unpaired) electrons. The number of hydrogen-bond acceptors (Lipinski definition) is 2. The van der Waals surface area contributed by atoms with E-state index in [4.69, 9.17) is 5.11 Å². The third-order valence-corrected chi connectivity index (χ3v) is 4.95. The van der Waals surface area contributed by atoms with Gasteiger partial charge in [-0.15, -0.1) is 0 Å². The molecule has 1 N–H and O–H groups in total. The van der Waals surface area contributed by atoms with Crippen molar-refractivity contribution in [3.8, 4) is 0 Å². The molecule has 2 unspecified atom stereocenters. The summed E-state index contributed by atoms with van der Waals surface area (Å²) < 4.78 is 4.33. The Labute approximate surface area is 76.8 Å². The molecule has 10 heavy (non-hydrogen) atoms. The summed E-state index contributed by atoms with van der Waals surface area (Å²) in [5, 5.41) is 12.7. The van der Waals surface area contributed by atoms with Crippen LogP contribution in [0.2, 0.25) is 0 Å². The Morgan fingerprint density at radius 1 is 1.60 bits per heavy atom. The van der Waals surface area contributed by atoms with Crippen LogP contribution in [0.25, 0.3) is 0 Å². The van der Waals surface area contributed by atoms with Crippen LogP contribution >= 0.6 is 0 Å². The van der Waals surface area contributed by atoms with Gasteiger partial charge in [-0.1, -0.05) is 0 Å². The maximum atomic E-state index is 8.60. The second-order valence-electron chi connectivity index (χ2n) is 1.93. The predicted octanol–water partition coefficient (Wildman–Crippen LogP) is -3.61. The van der Waals surface area contributed by atoms with E-state index in [1.165, 1.54) is 8.83 Å². The summed E-state index contributed by atoms with van der Waals surface area (Å²) in [5.41, 5.74) is 0. The first-order valence-electron chi connectivity index (χ1n) is 2.93. The zero-order valence-electron chi connectivity index (χ0n) is 5.49. The monoisotopic (exact) mass is 264 g/mol. The van der Waals surface area contributed by atoms with E-state index in [0.29, 0.717) is 6.54 Å². The van der Waals surface area contributed by atoms with Crippen LogP contribution in [0.1, 0.15) is 0 Å². The molecule has 3 nitrogen and oxygen atoms in total. The molecule has 2 atom stereocenters. The van der Waals surface area contributed by atoms with E-state index in [1.54, 1.807) is 33.7 Å². The molecule has 0 aliphatic rings. The average molecular weight is 264 g/mol. The number of nitrogens with zero attached hydrogens (tertiary/aromatic N) is 2. The standard InChI is InChI=1S/C5H10As2N2O/c6-4-3-8-9(1-2-10)5(4)7/h3,10H,1-2,6-7H2. The summed E-state index contributed by atoms with van der Waals surface area (Å²) >= 11 is 3.15. The summed E-state index contributed by atoms with van der Waals surface area (Å²) in [5.74, 6) is 0. The van der Waals surface area contributed by atoms with Crippen LogP contribution in [0.15, 0.2) is 6.20 Å². The first kappa shape index (κ1) is 8.38. The maximum absolute atomic E-state index is 8.60. The molecule has 1 aromatic rings. The third kappa shape index (κ3) is 1.66. The zero-order valence-corrected chi connectivity index (χ0v) is 10.3. The number of aliphatic hydroxyl groups is 1. The van der Waals surface area contributed by atoms with Gasteiger partial charge >= 0.3 is 76.8 Å². The van der Waals surface area contributed by atoms with Crippen molar-refractivity contribution in [1.82, 2.24) is 9.78 Å². The molecular weight excluding hydrogens is 254 g/mol. The van der Waals surface area contributed by atoms with Crippen molar-refractivity contribution >= 4 is 42.5 Å². The van der Waals surface area contributed by atoms with Crippen LogP contribution in [0, 0.1) is 0 Å². The molecule has 0 bridgehead atoms. The van der Waals surface area contributed by atoms with Crippen molar-refractivity contribution in [2.24, 2.45) is 0 Å². The van der Waals surface area contributed by atoms with Gasteiger partial charge in [0.2, 0.25) is 0 Å². The van der Waals surface area contributed by atoms with Crippen molar-refractivity contribution in [2.45, 2.75) is 6.54 Å². The van der Waals surface area contributed by atoms with Gasteiger partial charge in [0.1, 0.15) is 0 Å². The van der Waals surface area contributed by atoms with Gasteiger partial charge in [0.15, 0.2) is 0 Å². The van der Waals surface area contributed by atoms with Crippen LogP contribution in [-0.4, -0.2) is 55.2 Å². The average Bonchev–Trinajstić information content (AvgIpc) is 2.20. The molecule has 1 aromatic heterocycles. The van der Waals surface area contributed by atoms with Crippen LogP contribution in [0.3, 0.4) is 0 Å². The Morgan fingerprint density at radius 2 is 2.30 bits per heavy atom. The molecule has 1 heterocycles. The molecule has 0 aromatic carbocycles. The summed E-state index contributed by atoms with van der Waals surface area (Å²) in [6.07, 6.45) is 1.85. The van der Waals surface area contributed by atoms with E-state index < -0.39 is 0 Å². The van der Waals surface area contributed by atoms with Gasteiger partial charge in [-0.3, -0.25) is 0 Å². The molecule has 0 saturated carbocycles. The van der Waals surface area contributed by atoms with Gasteiger partial charge in [-0.25, -0.2) is 0 Å². The molecule has 0 fully saturated rings. The minimum absolute atomic E-state index is 0.172. The van der Waals surface area contributed by atoms with Gasteiger partial charge in [-0.2, -0.15) is 0 Å². The van der Waals surface area contributed by atoms with Crippen LogP contribution in [-0.2, 0) is 6.54 Å². The van der Waals surface area contributed by atoms with E-state index in [1.807, 2.05) is 10.9 Å². The molecule has 0 amide bonds. The minimum atomic E-state index is 0.172. The van der Waals surface area contributed by atoms with E-state index in [0.717, 1.165) is 0 Å². The molecule has 0 spiro atoms. The zero-order chi connectivity index (χ0) is 7.56. The van der Waals surface area contributed by atoms with Crippen molar-refractivity contribution in [3.63, 3.8) is 0 Å². The topological polar surface area (TPSA) is 38.0 Å². The summed E-state index contributed by atoms with van der Waals surface area (Å²) in [6, 6.07) is 0. The Hall–Kier alpha value is 0.287. The molecular formula is C5H10As2N2O. The first-order chi connectivity index (χ1) is 4.75. The van der Waals surface area contributed by atoms with E-state index >= 15 is 0 Å². The van der Waals surface area contributed by atoms with E-state index in [-0.39, 0.29) is 6.61 Å². The number of rotatable bonds is 2. The predicted molar refractivity (Wildman–Crippen MR) is 45.7 cm³/mol. The molecule has 56 valence electrons. The Bertz CT molecular complexity index is 223. The third-order valence-electron chi connectivity index (χ3n) is 1.22. The van der Waals surface area contributed by atoms with Gasteiger partial charge < -0.3 is 0 Å². The Balaban J connectivity index is 2.83. The molecule has 0 aliphatic heterocycles. The summed E-state index contributed by atoms with van der Waals surface area (Å²) in [6.45, 7) is 0.794.